The molecule has 1 aliphatic carbocycles. The lowest BCUT2D eigenvalue weighted by molar-refractivity contribution is -0.118. The van der Waals surface area contributed by atoms with E-state index in [-0.39, 0.29) is 17.7 Å². The average Bonchev–Trinajstić information content (AvgIpc) is 3.00. The van der Waals surface area contributed by atoms with Crippen LogP contribution in [-0.2, 0) is 9.59 Å². The van der Waals surface area contributed by atoms with Crippen LogP contribution in [0.25, 0.3) is 0 Å². The zero-order chi connectivity index (χ0) is 17.4. The summed E-state index contributed by atoms with van der Waals surface area (Å²) in [4.78, 5) is 36.9. The zero-order valence-electron chi connectivity index (χ0n) is 14.1. The first kappa shape index (κ1) is 16.2. The van der Waals surface area contributed by atoms with Gasteiger partial charge in [0.05, 0.1) is 11.8 Å². The molecule has 130 valence electrons. The molecule has 1 atom stereocenters. The second-order valence-electron chi connectivity index (χ2n) is 6.58. The fourth-order valence-corrected chi connectivity index (χ4v) is 4.15. The summed E-state index contributed by atoms with van der Waals surface area (Å²) in [6.07, 6.45) is 10.2. The summed E-state index contributed by atoms with van der Waals surface area (Å²) in [6.45, 7) is 2.49. The number of ketones is 1. The van der Waals surface area contributed by atoms with Crippen molar-refractivity contribution in [2.75, 3.05) is 11.9 Å². The Balaban J connectivity index is 1.58. The molecule has 7 heteroatoms. The molecule has 3 aliphatic rings. The highest BCUT2D eigenvalue weighted by Gasteiger charge is 2.36. The van der Waals surface area contributed by atoms with Crippen LogP contribution in [0.3, 0.4) is 0 Å². The Kier molecular flexibility index (Phi) is 4.25. The number of rotatable bonds is 2. The molecule has 1 amide bonds. The maximum absolute atomic E-state index is 12.6. The molecule has 4 rings (SSSR count). The molecule has 1 N–H and O–H groups in total. The molecule has 3 heterocycles. The van der Waals surface area contributed by atoms with Gasteiger partial charge >= 0.3 is 0 Å². The molecule has 1 fully saturated rings. The van der Waals surface area contributed by atoms with Crippen molar-refractivity contribution in [3.8, 4) is 0 Å². The molecular weight excluding hydrogens is 336 g/mol. The Morgan fingerprint density at radius 1 is 1.36 bits per heavy atom. The number of nitrogens with one attached hydrogen (secondary N) is 1. The van der Waals surface area contributed by atoms with E-state index in [1.54, 1.807) is 12.3 Å². The maximum atomic E-state index is 12.6. The number of aryl methyl sites for hydroxylation is 1. The quantitative estimate of drug-likeness (QED) is 0.884. The van der Waals surface area contributed by atoms with Crippen molar-refractivity contribution in [2.45, 2.75) is 45.1 Å². The van der Waals surface area contributed by atoms with Gasteiger partial charge in [-0.25, -0.2) is 9.98 Å². The molecule has 1 unspecified atom stereocenters. The van der Waals surface area contributed by atoms with Crippen molar-refractivity contribution in [3.05, 3.63) is 34.6 Å². The number of carbonyl (C=O) groups is 2. The molecule has 1 saturated carbocycles. The van der Waals surface area contributed by atoms with E-state index in [0.717, 1.165) is 42.8 Å². The molecule has 0 radical (unpaired) electrons. The molecular formula is C18H20N4O2S. The molecule has 0 saturated heterocycles. The maximum Gasteiger partial charge on any atom is 0.257 e. The lowest BCUT2D eigenvalue weighted by Crippen LogP contribution is -2.48. The summed E-state index contributed by atoms with van der Waals surface area (Å²) in [5, 5.41) is 3.43. The fraction of sp³-hybridized carbons (Fsp3) is 0.444. The molecule has 0 spiro atoms. The topological polar surface area (TPSA) is 74.7 Å². The predicted molar refractivity (Wildman–Crippen MR) is 97.7 cm³/mol. The molecule has 2 aliphatic heterocycles. The van der Waals surface area contributed by atoms with Gasteiger partial charge in [0, 0.05) is 23.2 Å². The molecule has 1 aromatic rings. The van der Waals surface area contributed by atoms with Crippen LogP contribution in [0, 0.1) is 6.92 Å². The third kappa shape index (κ3) is 3.16. The van der Waals surface area contributed by atoms with Crippen LogP contribution in [0.4, 0.5) is 5.13 Å². The third-order valence-electron chi connectivity index (χ3n) is 4.79. The van der Waals surface area contributed by atoms with Crippen LogP contribution < -0.4 is 5.32 Å². The van der Waals surface area contributed by atoms with E-state index in [9.17, 15) is 9.59 Å². The second-order valence-corrected chi connectivity index (χ2v) is 7.82. The van der Waals surface area contributed by atoms with Gasteiger partial charge in [-0.05, 0) is 32.3 Å². The SMILES string of the molecule is Cc1cnc(NC(=O)C2=CCN3C(=C2)N=C2CCCCCC3C2=O)s1. The van der Waals surface area contributed by atoms with Crippen LogP contribution in [0.2, 0.25) is 0 Å². The Bertz CT molecular complexity index is 821. The summed E-state index contributed by atoms with van der Waals surface area (Å²) in [5.74, 6) is 0.722. The normalized spacial score (nSPS) is 22.9. The Morgan fingerprint density at radius 3 is 3.04 bits per heavy atom. The van der Waals surface area contributed by atoms with Crippen LogP contribution in [0.5, 0.6) is 0 Å². The van der Waals surface area contributed by atoms with Gasteiger partial charge in [0.1, 0.15) is 5.82 Å². The number of anilines is 1. The summed E-state index contributed by atoms with van der Waals surface area (Å²) >= 11 is 1.45. The Labute approximate surface area is 150 Å². The van der Waals surface area contributed by atoms with E-state index in [1.807, 2.05) is 17.9 Å². The highest BCUT2D eigenvalue weighted by molar-refractivity contribution is 7.15. The highest BCUT2D eigenvalue weighted by atomic mass is 32.1. The lowest BCUT2D eigenvalue weighted by Gasteiger charge is -2.38. The lowest BCUT2D eigenvalue weighted by atomic mass is 9.90. The van der Waals surface area contributed by atoms with Crippen molar-refractivity contribution in [2.24, 2.45) is 4.99 Å². The van der Waals surface area contributed by atoms with Crippen LogP contribution >= 0.6 is 11.3 Å². The average molecular weight is 356 g/mol. The van der Waals surface area contributed by atoms with Crippen LogP contribution in [-0.4, -0.2) is 39.9 Å². The monoisotopic (exact) mass is 356 g/mol. The summed E-state index contributed by atoms with van der Waals surface area (Å²) in [6, 6.07) is -0.124. The van der Waals surface area contributed by atoms with Gasteiger partial charge in [-0.1, -0.05) is 18.9 Å². The third-order valence-corrected chi connectivity index (χ3v) is 5.62. The minimum atomic E-state index is -0.182. The Morgan fingerprint density at radius 2 is 2.24 bits per heavy atom. The van der Waals surface area contributed by atoms with Gasteiger partial charge < -0.3 is 4.90 Å². The highest BCUT2D eigenvalue weighted by Crippen LogP contribution is 2.30. The standard InChI is InChI=1S/C18H20N4O2S/c1-11-10-19-18(25-11)21-17(24)12-7-8-22-14-6-4-2-3-5-13(16(14)23)20-15(22)9-12/h7,9-10,14H,2-6,8H2,1H3,(H,19,21,24). The zero-order valence-corrected chi connectivity index (χ0v) is 14.9. The van der Waals surface area contributed by atoms with Crippen LogP contribution in [0.1, 0.15) is 37.0 Å². The number of amides is 1. The van der Waals surface area contributed by atoms with Gasteiger partial charge in [-0.3, -0.25) is 14.9 Å². The van der Waals surface area contributed by atoms with Gasteiger partial charge in [0.25, 0.3) is 5.91 Å². The van der Waals surface area contributed by atoms with E-state index >= 15 is 0 Å². The van der Waals surface area contributed by atoms with E-state index in [1.165, 1.54) is 11.3 Å². The van der Waals surface area contributed by atoms with Crippen molar-refractivity contribution in [3.63, 3.8) is 0 Å². The molecule has 2 bridgehead atoms. The van der Waals surface area contributed by atoms with E-state index in [4.69, 9.17) is 0 Å². The van der Waals surface area contributed by atoms with Crippen molar-refractivity contribution >= 4 is 33.9 Å². The minimum absolute atomic E-state index is 0.124. The number of aliphatic imine (C=N–C) groups is 1. The van der Waals surface area contributed by atoms with E-state index < -0.39 is 0 Å². The number of hydrogen-bond acceptors (Lipinski definition) is 6. The minimum Gasteiger partial charge on any atom is -0.342 e. The molecule has 0 aromatic carbocycles. The smallest absolute Gasteiger partial charge is 0.257 e. The first-order valence-electron chi connectivity index (χ1n) is 8.66. The van der Waals surface area contributed by atoms with E-state index in [0.29, 0.717) is 23.0 Å². The van der Waals surface area contributed by atoms with Gasteiger partial charge in [0.2, 0.25) is 0 Å². The predicted octanol–water partition coefficient (Wildman–Crippen LogP) is 2.83. The van der Waals surface area contributed by atoms with Crippen molar-refractivity contribution < 1.29 is 9.59 Å². The van der Waals surface area contributed by atoms with Crippen molar-refractivity contribution in [1.82, 2.24) is 9.88 Å². The number of carbonyl (C=O) groups excluding carboxylic acids is 2. The molecule has 1 aromatic heterocycles. The number of aromatic nitrogens is 1. The largest absolute Gasteiger partial charge is 0.342 e. The number of Topliss-reactive ketones (excluding diaryl/α,β-unsaturated/α-hetero) is 1. The number of fused-ring (bicyclic) bond motifs is 4. The van der Waals surface area contributed by atoms with Crippen molar-refractivity contribution in [1.29, 1.82) is 0 Å². The second kappa shape index (κ2) is 6.55. The fourth-order valence-electron chi connectivity index (χ4n) is 3.49. The number of thiazole rings is 1. The van der Waals surface area contributed by atoms with Gasteiger partial charge in [0.15, 0.2) is 10.9 Å². The molecule has 6 nitrogen and oxygen atoms in total. The van der Waals surface area contributed by atoms with Gasteiger partial charge in [-0.15, -0.1) is 11.3 Å². The number of hydrogen-bond donors (Lipinski definition) is 1. The summed E-state index contributed by atoms with van der Waals surface area (Å²) in [7, 11) is 0. The van der Waals surface area contributed by atoms with Gasteiger partial charge in [-0.2, -0.15) is 0 Å². The van der Waals surface area contributed by atoms with E-state index in [2.05, 4.69) is 15.3 Å². The van der Waals surface area contributed by atoms with Crippen LogP contribution in [0.15, 0.2) is 34.7 Å². The summed E-state index contributed by atoms with van der Waals surface area (Å²) < 4.78 is 0. The molecule has 25 heavy (non-hydrogen) atoms. The first-order valence-corrected chi connectivity index (χ1v) is 9.47. The Hall–Kier alpha value is -2.28. The first-order chi connectivity index (χ1) is 12.1. The number of nitrogens with zero attached hydrogens (tertiary/aromatic N) is 3. The summed E-state index contributed by atoms with van der Waals surface area (Å²) in [5.41, 5.74) is 1.25.